The number of carboxylic acid groups (broad SMARTS) is 1. The van der Waals surface area contributed by atoms with Gasteiger partial charge >= 0.3 is 12.0 Å². The van der Waals surface area contributed by atoms with Crippen LogP contribution in [0, 0.1) is 5.92 Å². The van der Waals surface area contributed by atoms with E-state index in [1.54, 1.807) is 18.7 Å². The number of aliphatic carboxylic acids is 1. The third kappa shape index (κ3) is 4.52. The molecule has 6 nitrogen and oxygen atoms in total. The second-order valence-electron chi connectivity index (χ2n) is 5.50. The van der Waals surface area contributed by atoms with Crippen LogP contribution in [0.5, 0.6) is 0 Å². The Balaban J connectivity index is 2.44. The Morgan fingerprint density at radius 1 is 1.33 bits per heavy atom. The molecule has 0 atom stereocenters. The molecule has 0 unspecified atom stereocenters. The van der Waals surface area contributed by atoms with E-state index in [2.05, 4.69) is 5.32 Å². The molecular formula is C12H22N2O4. The summed E-state index contributed by atoms with van der Waals surface area (Å²) in [7, 11) is 0. The van der Waals surface area contributed by atoms with Gasteiger partial charge in [-0.15, -0.1) is 0 Å². The van der Waals surface area contributed by atoms with Crippen LogP contribution >= 0.6 is 0 Å². The molecule has 0 aromatic carbocycles. The van der Waals surface area contributed by atoms with Crippen LogP contribution in [0.25, 0.3) is 0 Å². The Labute approximate surface area is 107 Å². The van der Waals surface area contributed by atoms with Crippen molar-refractivity contribution >= 4 is 12.0 Å². The molecule has 6 heteroatoms. The molecular weight excluding hydrogens is 236 g/mol. The van der Waals surface area contributed by atoms with Crippen molar-refractivity contribution in [2.75, 3.05) is 19.7 Å². The summed E-state index contributed by atoms with van der Waals surface area (Å²) in [4.78, 5) is 24.3. The molecule has 0 spiro atoms. The van der Waals surface area contributed by atoms with Gasteiger partial charge in [0.25, 0.3) is 0 Å². The molecule has 1 heterocycles. The fraction of sp³-hybridized carbons (Fsp3) is 0.833. The lowest BCUT2D eigenvalue weighted by atomic mass is 9.98. The highest BCUT2D eigenvalue weighted by molar-refractivity contribution is 5.76. The van der Waals surface area contributed by atoms with Gasteiger partial charge in [-0.2, -0.15) is 0 Å². The molecule has 3 N–H and O–H groups in total. The van der Waals surface area contributed by atoms with Gasteiger partial charge in [0.2, 0.25) is 0 Å². The van der Waals surface area contributed by atoms with E-state index in [9.17, 15) is 9.59 Å². The van der Waals surface area contributed by atoms with Crippen molar-refractivity contribution in [2.45, 2.75) is 38.6 Å². The molecule has 0 aromatic heterocycles. The Hall–Kier alpha value is -1.30. The minimum atomic E-state index is -0.931. The molecule has 1 saturated heterocycles. The third-order valence-corrected chi connectivity index (χ3v) is 3.20. The Bertz CT molecular complexity index is 309. The second kappa shape index (κ2) is 6.04. The van der Waals surface area contributed by atoms with Crippen LogP contribution in [0.4, 0.5) is 4.79 Å². The number of carbonyl (C=O) groups excluding carboxylic acids is 1. The SMILES string of the molecule is CC(C)(CC(=O)O)NC(=O)N1CCC(CO)CC1. The van der Waals surface area contributed by atoms with E-state index in [1.165, 1.54) is 0 Å². The molecule has 0 aromatic rings. The van der Waals surface area contributed by atoms with Crippen LogP contribution < -0.4 is 5.32 Å². The number of hydrogen-bond acceptors (Lipinski definition) is 3. The minimum absolute atomic E-state index is 0.105. The normalized spacial score (nSPS) is 17.6. The van der Waals surface area contributed by atoms with Crippen molar-refractivity contribution < 1.29 is 19.8 Å². The van der Waals surface area contributed by atoms with Crippen LogP contribution in [0.2, 0.25) is 0 Å². The van der Waals surface area contributed by atoms with E-state index in [-0.39, 0.29) is 25.0 Å². The summed E-state index contributed by atoms with van der Waals surface area (Å²) in [5.41, 5.74) is -0.753. The van der Waals surface area contributed by atoms with Crippen LogP contribution in [0.3, 0.4) is 0 Å². The highest BCUT2D eigenvalue weighted by Gasteiger charge is 2.28. The first-order chi connectivity index (χ1) is 8.34. The summed E-state index contributed by atoms with van der Waals surface area (Å²) in [5, 5.41) is 20.5. The van der Waals surface area contributed by atoms with Gasteiger partial charge in [-0.1, -0.05) is 0 Å². The molecule has 1 aliphatic heterocycles. The standard InChI is InChI=1S/C12H22N2O4/c1-12(2,7-10(16)17)13-11(18)14-5-3-9(8-15)4-6-14/h9,15H,3-8H2,1-2H3,(H,13,18)(H,16,17). The van der Waals surface area contributed by atoms with Crippen LogP contribution in [0.15, 0.2) is 0 Å². The van der Waals surface area contributed by atoms with Crippen molar-refractivity contribution in [3.8, 4) is 0 Å². The Morgan fingerprint density at radius 2 is 1.89 bits per heavy atom. The number of carboxylic acids is 1. The third-order valence-electron chi connectivity index (χ3n) is 3.20. The van der Waals surface area contributed by atoms with Crippen LogP contribution in [-0.4, -0.2) is 52.3 Å². The first-order valence-corrected chi connectivity index (χ1v) is 6.24. The summed E-state index contributed by atoms with van der Waals surface area (Å²) >= 11 is 0. The molecule has 0 saturated carbocycles. The number of piperidine rings is 1. The number of aliphatic hydroxyl groups excluding tert-OH is 1. The molecule has 2 amide bonds. The fourth-order valence-electron chi connectivity index (χ4n) is 2.11. The summed E-state index contributed by atoms with van der Waals surface area (Å²) < 4.78 is 0. The zero-order valence-corrected chi connectivity index (χ0v) is 11.0. The van der Waals surface area contributed by atoms with Crippen molar-refractivity contribution in [3.63, 3.8) is 0 Å². The van der Waals surface area contributed by atoms with Gasteiger partial charge in [-0.3, -0.25) is 4.79 Å². The number of urea groups is 1. The lowest BCUT2D eigenvalue weighted by molar-refractivity contribution is -0.138. The summed E-state index contributed by atoms with van der Waals surface area (Å²) in [6.45, 7) is 4.78. The highest BCUT2D eigenvalue weighted by atomic mass is 16.4. The number of nitrogens with one attached hydrogen (secondary N) is 1. The predicted molar refractivity (Wildman–Crippen MR) is 66.2 cm³/mol. The average Bonchev–Trinajstić information content (AvgIpc) is 2.26. The topological polar surface area (TPSA) is 89.9 Å². The maximum absolute atomic E-state index is 11.9. The van der Waals surface area contributed by atoms with E-state index in [1.807, 2.05) is 0 Å². The van der Waals surface area contributed by atoms with Crippen molar-refractivity contribution in [2.24, 2.45) is 5.92 Å². The maximum atomic E-state index is 11.9. The zero-order chi connectivity index (χ0) is 13.8. The van der Waals surface area contributed by atoms with E-state index in [0.717, 1.165) is 12.8 Å². The second-order valence-corrected chi connectivity index (χ2v) is 5.50. The molecule has 18 heavy (non-hydrogen) atoms. The number of likely N-dealkylation sites (tertiary alicyclic amines) is 1. The number of hydrogen-bond donors (Lipinski definition) is 3. The van der Waals surface area contributed by atoms with Crippen molar-refractivity contribution in [1.82, 2.24) is 10.2 Å². The number of nitrogens with zero attached hydrogens (tertiary/aromatic N) is 1. The lowest BCUT2D eigenvalue weighted by Gasteiger charge is -2.34. The van der Waals surface area contributed by atoms with Gasteiger partial charge in [0.15, 0.2) is 0 Å². The molecule has 0 aliphatic carbocycles. The van der Waals surface area contributed by atoms with E-state index in [0.29, 0.717) is 13.1 Å². The largest absolute Gasteiger partial charge is 0.481 e. The molecule has 1 fully saturated rings. The van der Waals surface area contributed by atoms with Crippen LogP contribution in [0.1, 0.15) is 33.1 Å². The number of rotatable bonds is 4. The molecule has 0 bridgehead atoms. The Kier molecular flexibility index (Phi) is 4.95. The monoisotopic (exact) mass is 258 g/mol. The van der Waals surface area contributed by atoms with Crippen molar-refractivity contribution in [1.29, 1.82) is 0 Å². The van der Waals surface area contributed by atoms with Gasteiger partial charge in [-0.05, 0) is 32.6 Å². The van der Waals surface area contributed by atoms with E-state index in [4.69, 9.17) is 10.2 Å². The van der Waals surface area contributed by atoms with Gasteiger partial charge in [0.1, 0.15) is 0 Å². The van der Waals surface area contributed by atoms with Gasteiger partial charge in [0, 0.05) is 25.2 Å². The molecule has 104 valence electrons. The lowest BCUT2D eigenvalue weighted by Crippen LogP contribution is -2.52. The minimum Gasteiger partial charge on any atom is -0.481 e. The van der Waals surface area contributed by atoms with Gasteiger partial charge in [0.05, 0.1) is 6.42 Å². The predicted octanol–water partition coefficient (Wildman–Crippen LogP) is 0.654. The fourth-order valence-corrected chi connectivity index (χ4v) is 2.11. The van der Waals surface area contributed by atoms with Crippen LogP contribution in [-0.2, 0) is 4.79 Å². The smallest absolute Gasteiger partial charge is 0.317 e. The highest BCUT2D eigenvalue weighted by Crippen LogP contribution is 2.17. The molecule has 1 aliphatic rings. The molecule has 1 rings (SSSR count). The zero-order valence-electron chi connectivity index (χ0n) is 11.0. The summed E-state index contributed by atoms with van der Waals surface area (Å²) in [5.74, 6) is -0.652. The quantitative estimate of drug-likeness (QED) is 0.690. The first-order valence-electron chi connectivity index (χ1n) is 6.24. The van der Waals surface area contributed by atoms with E-state index < -0.39 is 11.5 Å². The number of aliphatic hydroxyl groups is 1. The average molecular weight is 258 g/mol. The van der Waals surface area contributed by atoms with E-state index >= 15 is 0 Å². The maximum Gasteiger partial charge on any atom is 0.317 e. The van der Waals surface area contributed by atoms with Gasteiger partial charge < -0.3 is 20.4 Å². The van der Waals surface area contributed by atoms with Crippen molar-refractivity contribution in [3.05, 3.63) is 0 Å². The number of carbonyl (C=O) groups is 2. The summed E-state index contributed by atoms with van der Waals surface area (Å²) in [6, 6.07) is -0.224. The van der Waals surface area contributed by atoms with Gasteiger partial charge in [-0.25, -0.2) is 4.79 Å². The Morgan fingerprint density at radius 3 is 2.33 bits per heavy atom. The molecule has 0 radical (unpaired) electrons. The first kappa shape index (κ1) is 14.8. The summed E-state index contributed by atoms with van der Waals surface area (Å²) in [6.07, 6.45) is 1.48. The number of amides is 2.